The number of benzene rings is 1. The Hall–Kier alpha value is -2.04. The summed E-state index contributed by atoms with van der Waals surface area (Å²) in [6, 6.07) is 4.28. The Kier molecular flexibility index (Phi) is 27.9. The van der Waals surface area contributed by atoms with Gasteiger partial charge < -0.3 is 14.6 Å². The molecule has 1 aromatic rings. The first-order valence-corrected chi connectivity index (χ1v) is 19.3. The van der Waals surface area contributed by atoms with E-state index in [9.17, 15) is 14.7 Å². The van der Waals surface area contributed by atoms with Gasteiger partial charge >= 0.3 is 11.9 Å². The minimum absolute atomic E-state index is 0.0869. The van der Waals surface area contributed by atoms with E-state index in [4.69, 9.17) is 9.47 Å². The average molecular weight is 631 g/mol. The Morgan fingerprint density at radius 2 is 0.778 bits per heavy atom. The van der Waals surface area contributed by atoms with Crippen LogP contribution < -0.4 is 0 Å². The maximum atomic E-state index is 12.4. The summed E-state index contributed by atoms with van der Waals surface area (Å²) in [4.78, 5) is 24.8. The number of phenolic OH excluding ortho intramolecular Hbond substituents is 1. The Morgan fingerprint density at radius 1 is 0.467 bits per heavy atom. The number of hydrogen-bond acceptors (Lipinski definition) is 5. The lowest BCUT2D eigenvalue weighted by Gasteiger charge is -2.09. The highest BCUT2D eigenvalue weighted by Crippen LogP contribution is 2.21. The van der Waals surface area contributed by atoms with Gasteiger partial charge in [0, 0.05) is 0 Å². The number of aromatic hydroxyl groups is 1. The van der Waals surface area contributed by atoms with Gasteiger partial charge in [-0.15, -0.1) is 0 Å². The minimum Gasteiger partial charge on any atom is -0.507 e. The number of carbonyl (C=O) groups is 2. The number of hydrogen-bond donors (Lipinski definition) is 1. The zero-order valence-corrected chi connectivity index (χ0v) is 29.5. The maximum Gasteiger partial charge on any atom is 0.341 e. The molecule has 0 radical (unpaired) electrons. The van der Waals surface area contributed by atoms with Gasteiger partial charge in [-0.25, -0.2) is 9.59 Å². The highest BCUT2D eigenvalue weighted by molar-refractivity contribution is 5.96. The molecule has 0 aliphatic carbocycles. The minimum atomic E-state index is -0.551. The van der Waals surface area contributed by atoms with Crippen LogP contribution in [0.4, 0.5) is 0 Å². The lowest BCUT2D eigenvalue weighted by molar-refractivity contribution is 0.0480. The van der Waals surface area contributed by atoms with Crippen molar-refractivity contribution in [1.29, 1.82) is 0 Å². The summed E-state index contributed by atoms with van der Waals surface area (Å²) in [7, 11) is 0. The zero-order valence-electron chi connectivity index (χ0n) is 29.5. The molecule has 0 fully saturated rings. The molecular weight excluding hydrogens is 560 g/mol. The van der Waals surface area contributed by atoms with Gasteiger partial charge in [0.1, 0.15) is 11.3 Å². The Bertz CT molecular complexity index is 836. The second kappa shape index (κ2) is 30.6. The van der Waals surface area contributed by atoms with E-state index in [-0.39, 0.29) is 16.9 Å². The average Bonchev–Trinajstić information content (AvgIpc) is 3.04. The van der Waals surface area contributed by atoms with Gasteiger partial charge in [-0.05, 0) is 31.0 Å². The van der Waals surface area contributed by atoms with E-state index in [2.05, 4.69) is 13.8 Å². The van der Waals surface area contributed by atoms with E-state index in [0.29, 0.717) is 13.2 Å². The number of carbonyl (C=O) groups excluding carboxylic acids is 2. The predicted octanol–water partition coefficient (Wildman–Crippen LogP) is 12.7. The van der Waals surface area contributed by atoms with Crippen molar-refractivity contribution in [2.24, 2.45) is 0 Å². The summed E-state index contributed by atoms with van der Waals surface area (Å²) in [5.74, 6) is -1.27. The number of rotatable bonds is 32. The maximum absolute atomic E-state index is 12.4. The third-order valence-corrected chi connectivity index (χ3v) is 8.92. The molecule has 5 nitrogen and oxygen atoms in total. The number of phenols is 1. The van der Waals surface area contributed by atoms with Crippen LogP contribution in [0.1, 0.15) is 214 Å². The van der Waals surface area contributed by atoms with Gasteiger partial charge in [-0.2, -0.15) is 0 Å². The molecule has 0 saturated carbocycles. The molecule has 1 aromatic carbocycles. The van der Waals surface area contributed by atoms with Crippen LogP contribution in [0.5, 0.6) is 5.75 Å². The molecule has 260 valence electrons. The Balaban J connectivity index is 2.01. The van der Waals surface area contributed by atoms with Crippen molar-refractivity contribution in [3.8, 4) is 5.75 Å². The van der Waals surface area contributed by atoms with Gasteiger partial charge in [0.2, 0.25) is 0 Å². The molecule has 0 amide bonds. The molecule has 0 aliphatic rings. The normalized spacial score (nSPS) is 11.2. The zero-order chi connectivity index (χ0) is 32.6. The summed E-state index contributed by atoms with van der Waals surface area (Å²) in [6.45, 7) is 5.25. The molecule has 0 spiro atoms. The Labute approximate surface area is 277 Å². The van der Waals surface area contributed by atoms with E-state index in [1.807, 2.05) is 0 Å². The Morgan fingerprint density at radius 3 is 1.11 bits per heavy atom. The van der Waals surface area contributed by atoms with Crippen molar-refractivity contribution >= 4 is 11.9 Å². The van der Waals surface area contributed by atoms with Crippen molar-refractivity contribution in [3.63, 3.8) is 0 Å². The number of unbranched alkanes of at least 4 members (excludes halogenated alkanes) is 26. The SMILES string of the molecule is CCCCCCCCCCCCCCCCOC(=O)c1ccc(C(=O)OCCCCCCCCCCCCCCCC)c(O)c1. The highest BCUT2D eigenvalue weighted by atomic mass is 16.5. The van der Waals surface area contributed by atoms with E-state index >= 15 is 0 Å². The first kappa shape index (κ1) is 41.0. The van der Waals surface area contributed by atoms with E-state index in [0.717, 1.165) is 32.1 Å². The first-order chi connectivity index (χ1) is 22.1. The first-order valence-electron chi connectivity index (χ1n) is 19.3. The molecule has 0 unspecified atom stereocenters. The summed E-state index contributed by atoms with van der Waals surface area (Å²) >= 11 is 0. The molecule has 0 aliphatic heterocycles. The topological polar surface area (TPSA) is 72.8 Å². The lowest BCUT2D eigenvalue weighted by atomic mass is 10.0. The van der Waals surface area contributed by atoms with Crippen molar-refractivity contribution in [1.82, 2.24) is 0 Å². The van der Waals surface area contributed by atoms with Crippen LogP contribution in [-0.4, -0.2) is 30.3 Å². The van der Waals surface area contributed by atoms with Crippen molar-refractivity contribution in [2.45, 2.75) is 194 Å². The third-order valence-electron chi connectivity index (χ3n) is 8.92. The molecule has 0 saturated heterocycles. The molecule has 0 atom stereocenters. The van der Waals surface area contributed by atoms with Crippen LogP contribution in [0.2, 0.25) is 0 Å². The quantitative estimate of drug-likeness (QED) is 0.0633. The molecule has 45 heavy (non-hydrogen) atoms. The van der Waals surface area contributed by atoms with E-state index in [1.165, 1.54) is 166 Å². The second-order valence-corrected chi connectivity index (χ2v) is 13.2. The molecular formula is C40H70O5. The highest BCUT2D eigenvalue weighted by Gasteiger charge is 2.16. The predicted molar refractivity (Wildman–Crippen MR) is 189 cm³/mol. The molecule has 5 heteroatoms. The fourth-order valence-electron chi connectivity index (χ4n) is 5.92. The van der Waals surface area contributed by atoms with E-state index in [1.54, 1.807) is 0 Å². The molecule has 1 N–H and O–H groups in total. The van der Waals surface area contributed by atoms with E-state index < -0.39 is 11.9 Å². The third kappa shape index (κ3) is 23.9. The molecule has 0 bridgehead atoms. The second-order valence-electron chi connectivity index (χ2n) is 13.2. The van der Waals surface area contributed by atoms with Crippen molar-refractivity contribution in [2.75, 3.05) is 13.2 Å². The van der Waals surface area contributed by atoms with Gasteiger partial charge in [-0.1, -0.05) is 181 Å². The van der Waals surface area contributed by atoms with Crippen LogP contribution >= 0.6 is 0 Å². The van der Waals surface area contributed by atoms with Gasteiger partial charge in [0.15, 0.2) is 0 Å². The van der Waals surface area contributed by atoms with Crippen LogP contribution in [-0.2, 0) is 9.47 Å². The molecule has 0 aromatic heterocycles. The fourth-order valence-corrected chi connectivity index (χ4v) is 5.92. The van der Waals surface area contributed by atoms with Crippen molar-refractivity contribution < 1.29 is 24.2 Å². The molecule has 0 heterocycles. The van der Waals surface area contributed by atoms with Crippen LogP contribution in [0.15, 0.2) is 18.2 Å². The lowest BCUT2D eigenvalue weighted by Crippen LogP contribution is -2.09. The van der Waals surface area contributed by atoms with Crippen LogP contribution in [0.25, 0.3) is 0 Å². The smallest absolute Gasteiger partial charge is 0.341 e. The summed E-state index contributed by atoms with van der Waals surface area (Å²) in [5.41, 5.74) is 0.338. The number of esters is 2. The largest absolute Gasteiger partial charge is 0.507 e. The molecule has 1 rings (SSSR count). The van der Waals surface area contributed by atoms with Gasteiger partial charge in [-0.3, -0.25) is 0 Å². The standard InChI is InChI=1S/C40H70O5/c1-3-5-7-9-11-13-15-17-19-21-23-25-27-29-33-44-39(42)36-31-32-37(38(41)35-36)40(43)45-34-30-28-26-24-22-20-18-16-14-12-10-8-6-4-2/h31-32,35,41H,3-30,33-34H2,1-2H3. The number of ether oxygens (including phenoxy) is 2. The van der Waals surface area contributed by atoms with Crippen LogP contribution in [0, 0.1) is 0 Å². The summed E-state index contributed by atoms with van der Waals surface area (Å²) in [5, 5.41) is 10.3. The summed E-state index contributed by atoms with van der Waals surface area (Å²) in [6.07, 6.45) is 35.9. The van der Waals surface area contributed by atoms with Gasteiger partial charge in [0.25, 0.3) is 0 Å². The van der Waals surface area contributed by atoms with Crippen molar-refractivity contribution in [3.05, 3.63) is 29.3 Å². The monoisotopic (exact) mass is 631 g/mol. The summed E-state index contributed by atoms with van der Waals surface area (Å²) < 4.78 is 10.7. The fraction of sp³-hybridized carbons (Fsp3) is 0.800. The van der Waals surface area contributed by atoms with Crippen LogP contribution in [0.3, 0.4) is 0 Å². The van der Waals surface area contributed by atoms with Gasteiger partial charge in [0.05, 0.1) is 18.8 Å².